The highest BCUT2D eigenvalue weighted by Gasteiger charge is 2.29. The molecule has 1 heterocycles. The Bertz CT molecular complexity index is 451. The van der Waals surface area contributed by atoms with E-state index in [4.69, 9.17) is 5.11 Å². The molecule has 0 aliphatic carbocycles. The van der Waals surface area contributed by atoms with Gasteiger partial charge in [-0.2, -0.15) is 0 Å². The molecule has 1 fully saturated rings. The van der Waals surface area contributed by atoms with Crippen LogP contribution >= 0.6 is 15.9 Å². The molecule has 4 nitrogen and oxygen atoms in total. The van der Waals surface area contributed by atoms with E-state index in [9.17, 15) is 4.79 Å². The molecule has 2 N–H and O–H groups in total. The van der Waals surface area contributed by atoms with Crippen molar-refractivity contribution in [2.75, 3.05) is 24.6 Å². The molecule has 18 heavy (non-hydrogen) atoms. The van der Waals surface area contributed by atoms with Crippen LogP contribution in [-0.4, -0.2) is 36.8 Å². The number of halogens is 1. The molecule has 1 amide bonds. The maximum absolute atomic E-state index is 11.9. The number of nitrogens with one attached hydrogen (secondary N) is 1. The zero-order chi connectivity index (χ0) is 13.1. The van der Waals surface area contributed by atoms with E-state index in [-0.39, 0.29) is 18.6 Å². The number of aliphatic hydroxyl groups is 1. The predicted molar refractivity (Wildman–Crippen MR) is 74.7 cm³/mol. The van der Waals surface area contributed by atoms with E-state index in [1.54, 1.807) is 0 Å². The van der Waals surface area contributed by atoms with Crippen LogP contribution in [0.4, 0.5) is 5.69 Å². The van der Waals surface area contributed by atoms with Gasteiger partial charge < -0.3 is 15.3 Å². The summed E-state index contributed by atoms with van der Waals surface area (Å²) in [5, 5.41) is 11.9. The van der Waals surface area contributed by atoms with E-state index in [0.717, 1.165) is 22.3 Å². The van der Waals surface area contributed by atoms with Gasteiger partial charge in [-0.05, 0) is 37.1 Å². The lowest BCUT2D eigenvalue weighted by molar-refractivity contribution is -0.123. The third kappa shape index (κ3) is 2.67. The van der Waals surface area contributed by atoms with Crippen molar-refractivity contribution in [3.63, 3.8) is 0 Å². The Morgan fingerprint density at radius 2 is 2.33 bits per heavy atom. The van der Waals surface area contributed by atoms with Gasteiger partial charge in [-0.25, -0.2) is 0 Å². The number of hydrogen-bond donors (Lipinski definition) is 2. The predicted octanol–water partition coefficient (Wildman–Crippen LogP) is 1.44. The number of hydrogen-bond acceptors (Lipinski definition) is 3. The highest BCUT2D eigenvalue weighted by atomic mass is 79.9. The summed E-state index contributed by atoms with van der Waals surface area (Å²) in [4.78, 5) is 14.0. The zero-order valence-electron chi connectivity index (χ0n) is 10.3. The van der Waals surface area contributed by atoms with Crippen LogP contribution < -0.4 is 10.2 Å². The molecule has 1 aliphatic rings. The Balaban J connectivity index is 2.31. The fraction of sp³-hybridized carbons (Fsp3) is 0.462. The van der Waals surface area contributed by atoms with Crippen molar-refractivity contribution >= 4 is 27.5 Å². The summed E-state index contributed by atoms with van der Waals surface area (Å²) in [5.74, 6) is -0.00220. The molecule has 5 heteroatoms. The van der Waals surface area contributed by atoms with Gasteiger partial charge in [0.1, 0.15) is 6.04 Å². The Labute approximate surface area is 115 Å². The second-order valence-corrected chi connectivity index (χ2v) is 5.36. The molecule has 1 aliphatic heterocycles. The number of anilines is 1. The van der Waals surface area contributed by atoms with Crippen molar-refractivity contribution < 1.29 is 9.90 Å². The summed E-state index contributed by atoms with van der Waals surface area (Å²) in [6.45, 7) is 3.47. The van der Waals surface area contributed by atoms with E-state index in [1.165, 1.54) is 0 Å². The summed E-state index contributed by atoms with van der Waals surface area (Å²) in [6, 6.07) is 5.76. The second-order valence-electron chi connectivity index (χ2n) is 4.44. The minimum Gasteiger partial charge on any atom is -0.396 e. The maximum Gasteiger partial charge on any atom is 0.242 e. The molecule has 98 valence electrons. The first-order valence-electron chi connectivity index (χ1n) is 6.05. The van der Waals surface area contributed by atoms with E-state index >= 15 is 0 Å². The molecular formula is C13H17BrN2O2. The molecule has 0 radical (unpaired) electrons. The second kappa shape index (κ2) is 5.71. The number of aryl methyl sites for hydroxylation is 1. The highest BCUT2D eigenvalue weighted by molar-refractivity contribution is 9.10. The Morgan fingerprint density at radius 3 is 3.00 bits per heavy atom. The fourth-order valence-electron chi connectivity index (χ4n) is 2.35. The van der Waals surface area contributed by atoms with E-state index in [1.807, 2.05) is 25.1 Å². The van der Waals surface area contributed by atoms with Crippen LogP contribution in [0.5, 0.6) is 0 Å². The van der Waals surface area contributed by atoms with Gasteiger partial charge >= 0.3 is 0 Å². The standard InChI is InChI=1S/C13H17BrN2O2/c1-9-8-10(14)2-3-11(9)16-6-5-15-13(18)12(16)4-7-17/h2-3,8,12,17H,4-7H2,1H3,(H,15,18). The molecule has 0 spiro atoms. The highest BCUT2D eigenvalue weighted by Crippen LogP contribution is 2.27. The first kappa shape index (κ1) is 13.4. The lowest BCUT2D eigenvalue weighted by Crippen LogP contribution is -2.56. The Kier molecular flexibility index (Phi) is 4.24. The van der Waals surface area contributed by atoms with Crippen LogP contribution in [0.1, 0.15) is 12.0 Å². The van der Waals surface area contributed by atoms with Crippen molar-refractivity contribution in [3.05, 3.63) is 28.2 Å². The summed E-state index contributed by atoms with van der Waals surface area (Å²) in [5.41, 5.74) is 2.19. The van der Waals surface area contributed by atoms with Crippen LogP contribution in [-0.2, 0) is 4.79 Å². The Morgan fingerprint density at radius 1 is 1.56 bits per heavy atom. The van der Waals surface area contributed by atoms with Gasteiger partial charge in [0.05, 0.1) is 0 Å². The van der Waals surface area contributed by atoms with E-state index < -0.39 is 0 Å². The van der Waals surface area contributed by atoms with Crippen LogP contribution in [0.15, 0.2) is 22.7 Å². The smallest absolute Gasteiger partial charge is 0.242 e. The molecule has 2 rings (SSSR count). The average Bonchev–Trinajstić information content (AvgIpc) is 2.32. The van der Waals surface area contributed by atoms with Gasteiger partial charge in [0.25, 0.3) is 0 Å². The van der Waals surface area contributed by atoms with Gasteiger partial charge in [0.15, 0.2) is 0 Å². The molecule has 1 unspecified atom stereocenters. The third-order valence-corrected chi connectivity index (χ3v) is 3.69. The fourth-order valence-corrected chi connectivity index (χ4v) is 2.83. The van der Waals surface area contributed by atoms with Crippen LogP contribution in [0, 0.1) is 6.92 Å². The number of rotatable bonds is 3. The first-order valence-corrected chi connectivity index (χ1v) is 6.84. The minimum absolute atomic E-state index is 0.00220. The number of nitrogens with zero attached hydrogens (tertiary/aromatic N) is 1. The number of carbonyl (C=O) groups excluding carboxylic acids is 1. The number of piperazine rings is 1. The van der Waals surface area contributed by atoms with Gasteiger partial charge in [0.2, 0.25) is 5.91 Å². The molecule has 1 aromatic carbocycles. The van der Waals surface area contributed by atoms with Gasteiger partial charge in [-0.3, -0.25) is 4.79 Å². The van der Waals surface area contributed by atoms with E-state index in [0.29, 0.717) is 13.0 Å². The molecule has 1 atom stereocenters. The summed E-state index contributed by atoms with van der Waals surface area (Å²) < 4.78 is 1.03. The van der Waals surface area contributed by atoms with Crippen molar-refractivity contribution in [2.24, 2.45) is 0 Å². The van der Waals surface area contributed by atoms with Crippen LogP contribution in [0.25, 0.3) is 0 Å². The van der Waals surface area contributed by atoms with Crippen molar-refractivity contribution in [2.45, 2.75) is 19.4 Å². The first-order chi connectivity index (χ1) is 8.63. The topological polar surface area (TPSA) is 52.6 Å². The summed E-state index contributed by atoms with van der Waals surface area (Å²) in [6.07, 6.45) is 0.460. The molecule has 1 aromatic rings. The zero-order valence-corrected chi connectivity index (χ0v) is 11.9. The largest absolute Gasteiger partial charge is 0.396 e. The number of aliphatic hydroxyl groups excluding tert-OH is 1. The maximum atomic E-state index is 11.9. The molecule has 0 saturated carbocycles. The van der Waals surface area contributed by atoms with E-state index in [2.05, 4.69) is 26.1 Å². The molecule has 1 saturated heterocycles. The van der Waals surface area contributed by atoms with Crippen LogP contribution in [0.3, 0.4) is 0 Å². The SMILES string of the molecule is Cc1cc(Br)ccc1N1CCNC(=O)C1CCO. The van der Waals surface area contributed by atoms with Gasteiger partial charge in [-0.15, -0.1) is 0 Å². The number of amides is 1. The minimum atomic E-state index is -0.274. The normalized spacial score (nSPS) is 19.8. The third-order valence-electron chi connectivity index (χ3n) is 3.20. The van der Waals surface area contributed by atoms with Gasteiger partial charge in [0, 0.05) is 29.9 Å². The average molecular weight is 313 g/mol. The molecular weight excluding hydrogens is 296 g/mol. The van der Waals surface area contributed by atoms with Crippen molar-refractivity contribution in [1.29, 1.82) is 0 Å². The monoisotopic (exact) mass is 312 g/mol. The Hall–Kier alpha value is -1.07. The molecule has 0 bridgehead atoms. The lowest BCUT2D eigenvalue weighted by atomic mass is 10.1. The van der Waals surface area contributed by atoms with Crippen molar-refractivity contribution in [3.8, 4) is 0 Å². The number of benzene rings is 1. The van der Waals surface area contributed by atoms with Crippen molar-refractivity contribution in [1.82, 2.24) is 5.32 Å². The lowest BCUT2D eigenvalue weighted by Gasteiger charge is -2.37. The van der Waals surface area contributed by atoms with Crippen LogP contribution in [0.2, 0.25) is 0 Å². The quantitative estimate of drug-likeness (QED) is 0.888. The summed E-state index contributed by atoms with van der Waals surface area (Å²) >= 11 is 3.44. The summed E-state index contributed by atoms with van der Waals surface area (Å²) in [7, 11) is 0. The number of carbonyl (C=O) groups is 1. The van der Waals surface area contributed by atoms with Gasteiger partial charge in [-0.1, -0.05) is 15.9 Å². The molecule has 0 aromatic heterocycles.